The first-order valence-corrected chi connectivity index (χ1v) is 8.34. The molecule has 1 aromatic heterocycles. The molecule has 2 saturated carbocycles. The van der Waals surface area contributed by atoms with E-state index in [1.54, 1.807) is 0 Å². The van der Waals surface area contributed by atoms with Crippen LogP contribution in [0.25, 0.3) is 11.0 Å². The summed E-state index contributed by atoms with van der Waals surface area (Å²) in [6.45, 7) is 2.86. The average molecular weight is 285 g/mol. The maximum atomic E-state index is 6.21. The van der Waals surface area contributed by atoms with Crippen molar-refractivity contribution >= 4 is 11.0 Å². The van der Waals surface area contributed by atoms with Gasteiger partial charge in [0.05, 0.1) is 12.3 Å². The summed E-state index contributed by atoms with van der Waals surface area (Å²) >= 11 is 0. The van der Waals surface area contributed by atoms with Crippen LogP contribution in [0.5, 0.6) is 5.75 Å². The zero-order chi connectivity index (χ0) is 14.2. The number of nitrogens with zero attached hydrogens (tertiary/aromatic N) is 1. The van der Waals surface area contributed by atoms with Gasteiger partial charge < -0.3 is 9.26 Å². The van der Waals surface area contributed by atoms with E-state index in [1.165, 1.54) is 50.5 Å². The van der Waals surface area contributed by atoms with Crippen molar-refractivity contribution in [3.63, 3.8) is 0 Å². The molecule has 1 aromatic carbocycles. The standard InChI is InChI=1S/C18H23NO2/c1-12-15-9-16(14-7-8-14)17(10-18(15)21-19-12)20-11-13-5-3-2-4-6-13/h9-10,13-14H,2-8,11H2,1H3. The number of benzene rings is 1. The zero-order valence-corrected chi connectivity index (χ0v) is 12.7. The van der Waals surface area contributed by atoms with Crippen LogP contribution >= 0.6 is 0 Å². The number of fused-ring (bicyclic) bond motifs is 1. The van der Waals surface area contributed by atoms with Gasteiger partial charge in [0.15, 0.2) is 5.58 Å². The Balaban J connectivity index is 1.58. The van der Waals surface area contributed by atoms with Crippen LogP contribution in [0.4, 0.5) is 0 Å². The molecule has 0 bridgehead atoms. The van der Waals surface area contributed by atoms with Crippen LogP contribution in [0.3, 0.4) is 0 Å². The number of rotatable bonds is 4. The van der Waals surface area contributed by atoms with E-state index < -0.39 is 0 Å². The van der Waals surface area contributed by atoms with Gasteiger partial charge in [-0.15, -0.1) is 0 Å². The molecule has 112 valence electrons. The van der Waals surface area contributed by atoms with E-state index in [2.05, 4.69) is 17.3 Å². The van der Waals surface area contributed by atoms with Crippen LogP contribution in [0.2, 0.25) is 0 Å². The first-order valence-electron chi connectivity index (χ1n) is 8.34. The van der Waals surface area contributed by atoms with Gasteiger partial charge in [-0.05, 0) is 56.1 Å². The Morgan fingerprint density at radius 2 is 1.95 bits per heavy atom. The van der Waals surface area contributed by atoms with Crippen LogP contribution < -0.4 is 4.74 Å². The van der Waals surface area contributed by atoms with Gasteiger partial charge in [0.2, 0.25) is 0 Å². The Labute approximate surface area is 125 Å². The predicted octanol–water partition coefficient (Wildman–Crippen LogP) is 4.97. The first-order chi connectivity index (χ1) is 10.3. The van der Waals surface area contributed by atoms with Gasteiger partial charge in [0, 0.05) is 11.5 Å². The normalized spacial score (nSPS) is 20.0. The fourth-order valence-electron chi connectivity index (χ4n) is 3.50. The number of ether oxygens (including phenoxy) is 1. The van der Waals surface area contributed by atoms with Crippen LogP contribution in [0.15, 0.2) is 16.7 Å². The van der Waals surface area contributed by atoms with Gasteiger partial charge in [-0.3, -0.25) is 0 Å². The lowest BCUT2D eigenvalue weighted by atomic mass is 9.90. The smallest absolute Gasteiger partial charge is 0.170 e. The fraction of sp³-hybridized carbons (Fsp3) is 0.611. The summed E-state index contributed by atoms with van der Waals surface area (Å²) in [5, 5.41) is 5.22. The molecule has 2 aliphatic carbocycles. The molecule has 1 heterocycles. The molecule has 3 heteroatoms. The van der Waals surface area contributed by atoms with E-state index in [9.17, 15) is 0 Å². The van der Waals surface area contributed by atoms with Crippen LogP contribution in [-0.2, 0) is 0 Å². The minimum Gasteiger partial charge on any atom is -0.493 e. The average Bonchev–Trinajstić information content (AvgIpc) is 3.30. The highest BCUT2D eigenvalue weighted by Crippen LogP contribution is 2.46. The second-order valence-electron chi connectivity index (χ2n) is 6.74. The lowest BCUT2D eigenvalue weighted by molar-refractivity contribution is 0.207. The third-order valence-corrected chi connectivity index (χ3v) is 5.00. The molecule has 0 radical (unpaired) electrons. The van der Waals surface area contributed by atoms with E-state index in [0.29, 0.717) is 5.92 Å². The summed E-state index contributed by atoms with van der Waals surface area (Å²) in [5.41, 5.74) is 3.20. The summed E-state index contributed by atoms with van der Waals surface area (Å²) in [4.78, 5) is 0. The van der Waals surface area contributed by atoms with E-state index in [0.717, 1.165) is 34.9 Å². The maximum absolute atomic E-state index is 6.21. The van der Waals surface area contributed by atoms with Gasteiger partial charge >= 0.3 is 0 Å². The quantitative estimate of drug-likeness (QED) is 0.795. The van der Waals surface area contributed by atoms with Crippen molar-refractivity contribution in [2.24, 2.45) is 5.92 Å². The van der Waals surface area contributed by atoms with E-state index >= 15 is 0 Å². The molecule has 4 rings (SSSR count). The molecule has 2 aromatic rings. The van der Waals surface area contributed by atoms with Crippen molar-refractivity contribution in [1.82, 2.24) is 5.16 Å². The number of hydrogen-bond acceptors (Lipinski definition) is 3. The maximum Gasteiger partial charge on any atom is 0.170 e. The van der Waals surface area contributed by atoms with Gasteiger partial charge in [0.25, 0.3) is 0 Å². The topological polar surface area (TPSA) is 35.3 Å². The van der Waals surface area contributed by atoms with E-state index in [-0.39, 0.29) is 0 Å². The second-order valence-corrected chi connectivity index (χ2v) is 6.74. The lowest BCUT2D eigenvalue weighted by Gasteiger charge is -2.22. The Hall–Kier alpha value is -1.51. The van der Waals surface area contributed by atoms with Crippen molar-refractivity contribution in [1.29, 1.82) is 0 Å². The third kappa shape index (κ3) is 2.66. The molecule has 0 atom stereocenters. The molecule has 0 unspecified atom stereocenters. The van der Waals surface area contributed by atoms with Gasteiger partial charge in [-0.25, -0.2) is 0 Å². The first kappa shape index (κ1) is 13.2. The highest BCUT2D eigenvalue weighted by molar-refractivity contribution is 5.82. The molecular formula is C18H23NO2. The van der Waals surface area contributed by atoms with Crippen LogP contribution in [-0.4, -0.2) is 11.8 Å². The van der Waals surface area contributed by atoms with Gasteiger partial charge in [-0.2, -0.15) is 0 Å². The monoisotopic (exact) mass is 285 g/mol. The Morgan fingerprint density at radius 3 is 2.71 bits per heavy atom. The van der Waals surface area contributed by atoms with Crippen LogP contribution in [0.1, 0.15) is 62.1 Å². The second kappa shape index (κ2) is 5.36. The zero-order valence-electron chi connectivity index (χ0n) is 12.7. The summed E-state index contributed by atoms with van der Waals surface area (Å²) in [6.07, 6.45) is 9.34. The molecule has 2 fully saturated rings. The third-order valence-electron chi connectivity index (χ3n) is 5.00. The van der Waals surface area contributed by atoms with Crippen molar-refractivity contribution in [2.75, 3.05) is 6.61 Å². The van der Waals surface area contributed by atoms with Gasteiger partial charge in [-0.1, -0.05) is 24.4 Å². The molecule has 0 N–H and O–H groups in total. The molecule has 3 nitrogen and oxygen atoms in total. The number of aryl methyl sites for hydroxylation is 1. The molecular weight excluding hydrogens is 262 g/mol. The van der Waals surface area contributed by atoms with Crippen molar-refractivity contribution in [3.05, 3.63) is 23.4 Å². The molecule has 2 aliphatic rings. The Morgan fingerprint density at radius 1 is 1.14 bits per heavy atom. The minimum atomic E-state index is 0.685. The molecule has 0 spiro atoms. The summed E-state index contributed by atoms with van der Waals surface area (Å²) in [7, 11) is 0. The minimum absolute atomic E-state index is 0.685. The van der Waals surface area contributed by atoms with Crippen molar-refractivity contribution in [3.8, 4) is 5.75 Å². The SMILES string of the molecule is Cc1noc2cc(OCC3CCCCC3)c(C3CC3)cc12. The molecule has 0 saturated heterocycles. The summed E-state index contributed by atoms with van der Waals surface area (Å²) < 4.78 is 11.6. The highest BCUT2D eigenvalue weighted by atomic mass is 16.5. The summed E-state index contributed by atoms with van der Waals surface area (Å²) in [5.74, 6) is 2.45. The van der Waals surface area contributed by atoms with Crippen molar-refractivity contribution < 1.29 is 9.26 Å². The van der Waals surface area contributed by atoms with E-state index in [4.69, 9.17) is 9.26 Å². The van der Waals surface area contributed by atoms with E-state index in [1.807, 2.05) is 6.92 Å². The lowest BCUT2D eigenvalue weighted by Crippen LogP contribution is -2.15. The molecule has 0 aliphatic heterocycles. The largest absolute Gasteiger partial charge is 0.493 e. The number of aromatic nitrogens is 1. The van der Waals surface area contributed by atoms with Crippen LogP contribution in [0, 0.1) is 12.8 Å². The Kier molecular flexibility index (Phi) is 3.36. The predicted molar refractivity (Wildman–Crippen MR) is 82.8 cm³/mol. The Bertz CT molecular complexity index is 636. The molecule has 0 amide bonds. The molecule has 21 heavy (non-hydrogen) atoms. The fourth-order valence-corrected chi connectivity index (χ4v) is 3.50. The van der Waals surface area contributed by atoms with Crippen molar-refractivity contribution in [2.45, 2.75) is 57.8 Å². The highest BCUT2D eigenvalue weighted by Gasteiger charge is 2.28. The van der Waals surface area contributed by atoms with Gasteiger partial charge in [0.1, 0.15) is 5.75 Å². The summed E-state index contributed by atoms with van der Waals surface area (Å²) in [6, 6.07) is 4.31. The number of hydrogen-bond donors (Lipinski definition) is 0.